The molecule has 86 valence electrons. The Morgan fingerprint density at radius 2 is 2.29 bits per heavy atom. The number of nitrogens with zero attached hydrogens (tertiary/aromatic N) is 3. The second kappa shape index (κ2) is 3.97. The van der Waals surface area contributed by atoms with Crippen LogP contribution in [0.3, 0.4) is 0 Å². The molecule has 1 amide bonds. The summed E-state index contributed by atoms with van der Waals surface area (Å²) in [5, 5.41) is 6.51. The van der Waals surface area contributed by atoms with Gasteiger partial charge in [-0.2, -0.15) is 4.98 Å². The average molecular weight is 230 g/mol. The molecule has 1 fully saturated rings. The second-order valence-corrected chi connectivity index (χ2v) is 3.89. The molecule has 6 heteroatoms. The Kier molecular flexibility index (Phi) is 2.32. The highest BCUT2D eigenvalue weighted by molar-refractivity contribution is 5.90. The molecule has 0 aliphatic heterocycles. The van der Waals surface area contributed by atoms with Gasteiger partial charge in [-0.05, 0) is 25.0 Å². The van der Waals surface area contributed by atoms with E-state index in [2.05, 4.69) is 20.4 Å². The van der Waals surface area contributed by atoms with Crippen molar-refractivity contribution in [1.82, 2.24) is 20.4 Å². The second-order valence-electron chi connectivity index (χ2n) is 3.89. The van der Waals surface area contributed by atoms with E-state index in [0.29, 0.717) is 11.5 Å². The molecule has 1 saturated carbocycles. The third-order valence-electron chi connectivity index (χ3n) is 2.43. The van der Waals surface area contributed by atoms with Crippen molar-refractivity contribution in [3.05, 3.63) is 30.3 Å². The maximum atomic E-state index is 11.6. The number of hydrogen-bond donors (Lipinski definition) is 1. The molecule has 0 spiro atoms. The van der Waals surface area contributed by atoms with Crippen molar-refractivity contribution < 1.29 is 9.32 Å². The maximum absolute atomic E-state index is 11.6. The first-order valence-corrected chi connectivity index (χ1v) is 5.39. The Balaban J connectivity index is 1.80. The van der Waals surface area contributed by atoms with Crippen LogP contribution >= 0.6 is 0 Å². The zero-order valence-electron chi connectivity index (χ0n) is 8.96. The van der Waals surface area contributed by atoms with E-state index in [1.807, 2.05) is 6.07 Å². The zero-order chi connectivity index (χ0) is 11.7. The Labute approximate surface area is 97.1 Å². The lowest BCUT2D eigenvalue weighted by atomic mass is 10.3. The summed E-state index contributed by atoms with van der Waals surface area (Å²) in [5.74, 6) is -0.00807. The van der Waals surface area contributed by atoms with Crippen molar-refractivity contribution in [1.29, 1.82) is 0 Å². The molecule has 0 aromatic carbocycles. The number of hydrogen-bond acceptors (Lipinski definition) is 5. The van der Waals surface area contributed by atoms with Crippen molar-refractivity contribution in [2.45, 2.75) is 18.9 Å². The van der Waals surface area contributed by atoms with E-state index in [4.69, 9.17) is 4.52 Å². The summed E-state index contributed by atoms with van der Waals surface area (Å²) >= 11 is 0. The van der Waals surface area contributed by atoms with Gasteiger partial charge in [0.1, 0.15) is 5.69 Å². The molecular formula is C11H10N4O2. The van der Waals surface area contributed by atoms with Gasteiger partial charge in [-0.1, -0.05) is 11.2 Å². The van der Waals surface area contributed by atoms with Gasteiger partial charge >= 0.3 is 11.8 Å². The summed E-state index contributed by atoms with van der Waals surface area (Å²) < 4.78 is 4.90. The largest absolute Gasteiger partial charge is 0.345 e. The van der Waals surface area contributed by atoms with Crippen LogP contribution in [0.25, 0.3) is 11.5 Å². The van der Waals surface area contributed by atoms with Crippen LogP contribution in [0.1, 0.15) is 23.5 Å². The van der Waals surface area contributed by atoms with E-state index in [1.54, 1.807) is 18.3 Å². The minimum absolute atomic E-state index is 0.0162. The Morgan fingerprint density at radius 1 is 1.41 bits per heavy atom. The maximum Gasteiger partial charge on any atom is 0.316 e. The van der Waals surface area contributed by atoms with Crippen molar-refractivity contribution in [3.8, 4) is 11.5 Å². The van der Waals surface area contributed by atoms with Gasteiger partial charge in [0, 0.05) is 12.2 Å². The number of nitrogens with one attached hydrogen (secondary N) is 1. The number of carbonyl (C=O) groups is 1. The van der Waals surface area contributed by atoms with Crippen LogP contribution in [0.2, 0.25) is 0 Å². The number of pyridine rings is 1. The lowest BCUT2D eigenvalue weighted by Crippen LogP contribution is -2.25. The minimum Gasteiger partial charge on any atom is -0.345 e. The number of carbonyl (C=O) groups excluding carboxylic acids is 1. The molecule has 0 saturated heterocycles. The molecule has 1 aliphatic rings. The number of aromatic nitrogens is 3. The third kappa shape index (κ3) is 2.15. The fourth-order valence-corrected chi connectivity index (χ4v) is 1.39. The number of amides is 1. The Bertz CT molecular complexity index is 533. The Hall–Kier alpha value is -2.24. The van der Waals surface area contributed by atoms with Gasteiger partial charge < -0.3 is 9.84 Å². The van der Waals surface area contributed by atoms with Gasteiger partial charge in [0.2, 0.25) is 5.82 Å². The van der Waals surface area contributed by atoms with E-state index in [1.165, 1.54) is 0 Å². The zero-order valence-corrected chi connectivity index (χ0v) is 8.96. The highest BCUT2D eigenvalue weighted by Crippen LogP contribution is 2.19. The van der Waals surface area contributed by atoms with E-state index in [9.17, 15) is 4.79 Å². The monoisotopic (exact) mass is 230 g/mol. The summed E-state index contributed by atoms with van der Waals surface area (Å²) in [6.45, 7) is 0. The summed E-state index contributed by atoms with van der Waals surface area (Å²) in [6.07, 6.45) is 3.68. The first-order chi connectivity index (χ1) is 8.33. The SMILES string of the molecule is O=C(NC1CC1)c1nc(-c2ccccn2)no1. The molecule has 17 heavy (non-hydrogen) atoms. The van der Waals surface area contributed by atoms with Crippen LogP contribution < -0.4 is 5.32 Å². The topological polar surface area (TPSA) is 80.9 Å². The molecule has 2 aromatic rings. The molecule has 0 atom stereocenters. The van der Waals surface area contributed by atoms with Gasteiger partial charge in [0.15, 0.2) is 0 Å². The predicted octanol–water partition coefficient (Wildman–Crippen LogP) is 1.02. The molecule has 2 heterocycles. The molecule has 2 aromatic heterocycles. The first-order valence-electron chi connectivity index (χ1n) is 5.39. The fraction of sp³-hybridized carbons (Fsp3) is 0.273. The summed E-state index contributed by atoms with van der Waals surface area (Å²) in [4.78, 5) is 19.7. The predicted molar refractivity (Wildman–Crippen MR) is 58.0 cm³/mol. The van der Waals surface area contributed by atoms with Crippen LogP contribution in [-0.4, -0.2) is 27.1 Å². The van der Waals surface area contributed by atoms with Gasteiger partial charge in [-0.15, -0.1) is 0 Å². The fourth-order valence-electron chi connectivity index (χ4n) is 1.39. The van der Waals surface area contributed by atoms with Crippen LogP contribution in [-0.2, 0) is 0 Å². The minimum atomic E-state index is -0.317. The highest BCUT2D eigenvalue weighted by atomic mass is 16.5. The Morgan fingerprint density at radius 3 is 3.00 bits per heavy atom. The van der Waals surface area contributed by atoms with Gasteiger partial charge in [0.05, 0.1) is 0 Å². The van der Waals surface area contributed by atoms with Crippen molar-refractivity contribution in [2.75, 3.05) is 0 Å². The average Bonchev–Trinajstić information content (AvgIpc) is 3.04. The summed E-state index contributed by atoms with van der Waals surface area (Å²) in [7, 11) is 0. The smallest absolute Gasteiger partial charge is 0.316 e. The molecule has 0 bridgehead atoms. The third-order valence-corrected chi connectivity index (χ3v) is 2.43. The van der Waals surface area contributed by atoms with Gasteiger partial charge in [0.25, 0.3) is 0 Å². The quantitative estimate of drug-likeness (QED) is 0.851. The van der Waals surface area contributed by atoms with Gasteiger partial charge in [-0.3, -0.25) is 9.78 Å². The molecule has 3 rings (SSSR count). The van der Waals surface area contributed by atoms with E-state index in [0.717, 1.165) is 12.8 Å². The van der Waals surface area contributed by atoms with E-state index < -0.39 is 0 Å². The lowest BCUT2D eigenvalue weighted by Gasteiger charge is -1.95. The van der Waals surface area contributed by atoms with Crippen molar-refractivity contribution in [2.24, 2.45) is 0 Å². The van der Waals surface area contributed by atoms with Crippen molar-refractivity contribution >= 4 is 5.91 Å². The highest BCUT2D eigenvalue weighted by Gasteiger charge is 2.26. The standard InChI is InChI=1S/C11H10N4O2/c16-10(13-7-4-5-7)11-14-9(15-17-11)8-3-1-2-6-12-8/h1-3,6-7H,4-5H2,(H,13,16). The van der Waals surface area contributed by atoms with Crippen LogP contribution in [0.15, 0.2) is 28.9 Å². The van der Waals surface area contributed by atoms with Crippen molar-refractivity contribution in [3.63, 3.8) is 0 Å². The molecule has 0 unspecified atom stereocenters. The molecule has 0 radical (unpaired) electrons. The lowest BCUT2D eigenvalue weighted by molar-refractivity contribution is 0.0907. The normalized spacial score (nSPS) is 14.6. The molecule has 1 N–H and O–H groups in total. The number of rotatable bonds is 3. The van der Waals surface area contributed by atoms with E-state index >= 15 is 0 Å². The van der Waals surface area contributed by atoms with Crippen LogP contribution in [0, 0.1) is 0 Å². The molecular weight excluding hydrogens is 220 g/mol. The molecule has 1 aliphatic carbocycles. The van der Waals surface area contributed by atoms with E-state index in [-0.39, 0.29) is 17.8 Å². The summed E-state index contributed by atoms with van der Waals surface area (Å²) in [5.41, 5.74) is 0.585. The van der Waals surface area contributed by atoms with Gasteiger partial charge in [-0.25, -0.2) is 0 Å². The molecule has 6 nitrogen and oxygen atoms in total. The summed E-state index contributed by atoms with van der Waals surface area (Å²) in [6, 6.07) is 5.65. The van der Waals surface area contributed by atoms with Crippen LogP contribution in [0.4, 0.5) is 0 Å². The first kappa shape index (κ1) is 9.95. The van der Waals surface area contributed by atoms with Crippen LogP contribution in [0.5, 0.6) is 0 Å².